The maximum absolute atomic E-state index is 12.7. The SMILES string of the molecule is CC1(c2ccccc2)NC(=O)N(NC(=O)c2ccc(OCC(F)(F)F)cc2)C1=O. The molecule has 1 aliphatic heterocycles. The molecule has 1 saturated heterocycles. The Morgan fingerprint density at radius 1 is 1.10 bits per heavy atom. The highest BCUT2D eigenvalue weighted by molar-refractivity contribution is 6.09. The zero-order valence-corrected chi connectivity index (χ0v) is 15.1. The quantitative estimate of drug-likeness (QED) is 0.747. The highest BCUT2D eigenvalue weighted by atomic mass is 19.4. The molecule has 2 N–H and O–H groups in total. The Hall–Kier alpha value is -3.56. The molecule has 0 aromatic heterocycles. The third kappa shape index (κ3) is 4.31. The van der Waals surface area contributed by atoms with Crippen LogP contribution in [0.25, 0.3) is 0 Å². The minimum absolute atomic E-state index is 0.0262. The fourth-order valence-electron chi connectivity index (χ4n) is 2.74. The second kappa shape index (κ2) is 7.46. The monoisotopic (exact) mass is 407 g/mol. The van der Waals surface area contributed by atoms with E-state index in [1.807, 2.05) is 0 Å². The smallest absolute Gasteiger partial charge is 0.422 e. The second-order valence-corrected chi connectivity index (χ2v) is 6.43. The van der Waals surface area contributed by atoms with Crippen molar-refractivity contribution in [1.29, 1.82) is 0 Å². The molecule has 152 valence electrons. The molecule has 1 unspecified atom stereocenters. The van der Waals surface area contributed by atoms with Gasteiger partial charge in [0.05, 0.1) is 0 Å². The average Bonchev–Trinajstić information content (AvgIpc) is 2.91. The molecule has 4 amide bonds. The lowest BCUT2D eigenvalue weighted by atomic mass is 9.92. The number of alkyl halides is 3. The lowest BCUT2D eigenvalue weighted by Crippen LogP contribution is -2.47. The molecule has 2 aromatic rings. The van der Waals surface area contributed by atoms with Crippen molar-refractivity contribution in [2.75, 3.05) is 6.61 Å². The molecule has 1 aliphatic rings. The molecule has 1 heterocycles. The van der Waals surface area contributed by atoms with E-state index in [0.29, 0.717) is 10.6 Å². The van der Waals surface area contributed by atoms with E-state index in [2.05, 4.69) is 15.5 Å². The van der Waals surface area contributed by atoms with E-state index < -0.39 is 36.2 Å². The van der Waals surface area contributed by atoms with Crippen LogP contribution in [0.4, 0.5) is 18.0 Å². The summed E-state index contributed by atoms with van der Waals surface area (Å²) >= 11 is 0. The summed E-state index contributed by atoms with van der Waals surface area (Å²) in [6.45, 7) is 0.0561. The second-order valence-electron chi connectivity index (χ2n) is 6.43. The van der Waals surface area contributed by atoms with Gasteiger partial charge in [-0.15, -0.1) is 0 Å². The van der Waals surface area contributed by atoms with Crippen LogP contribution in [0.5, 0.6) is 5.75 Å². The molecule has 0 bridgehead atoms. The number of hydrazine groups is 1. The minimum atomic E-state index is -4.48. The molecule has 0 radical (unpaired) electrons. The number of halogens is 3. The number of carbonyl (C=O) groups is 3. The summed E-state index contributed by atoms with van der Waals surface area (Å²) < 4.78 is 41.1. The van der Waals surface area contributed by atoms with Gasteiger partial charge in [0.25, 0.3) is 11.8 Å². The lowest BCUT2D eigenvalue weighted by Gasteiger charge is -2.22. The van der Waals surface area contributed by atoms with Crippen LogP contribution in [-0.4, -0.2) is 35.6 Å². The van der Waals surface area contributed by atoms with Crippen molar-refractivity contribution in [2.45, 2.75) is 18.6 Å². The van der Waals surface area contributed by atoms with Crippen LogP contribution >= 0.6 is 0 Å². The number of imide groups is 1. The number of ether oxygens (including phenoxy) is 1. The van der Waals surface area contributed by atoms with Gasteiger partial charge in [0.2, 0.25) is 0 Å². The van der Waals surface area contributed by atoms with Crippen molar-refractivity contribution >= 4 is 17.8 Å². The molecule has 0 saturated carbocycles. The summed E-state index contributed by atoms with van der Waals surface area (Å²) in [7, 11) is 0. The van der Waals surface area contributed by atoms with Gasteiger partial charge in [-0.05, 0) is 36.8 Å². The van der Waals surface area contributed by atoms with Crippen molar-refractivity contribution in [3.05, 3.63) is 65.7 Å². The van der Waals surface area contributed by atoms with Gasteiger partial charge in [-0.2, -0.15) is 18.2 Å². The normalized spacial score (nSPS) is 19.1. The minimum Gasteiger partial charge on any atom is -0.484 e. The predicted molar refractivity (Wildman–Crippen MR) is 94.6 cm³/mol. The molecule has 0 aliphatic carbocycles. The Morgan fingerprint density at radius 2 is 1.72 bits per heavy atom. The van der Waals surface area contributed by atoms with Gasteiger partial charge in [0, 0.05) is 5.56 Å². The number of benzene rings is 2. The lowest BCUT2D eigenvalue weighted by molar-refractivity contribution is -0.153. The fourth-order valence-corrected chi connectivity index (χ4v) is 2.74. The number of amides is 4. The topological polar surface area (TPSA) is 87.7 Å². The first-order chi connectivity index (χ1) is 13.6. The highest BCUT2D eigenvalue weighted by Crippen LogP contribution is 2.27. The van der Waals surface area contributed by atoms with Crippen LogP contribution in [0.2, 0.25) is 0 Å². The van der Waals surface area contributed by atoms with Gasteiger partial charge in [0.1, 0.15) is 11.3 Å². The molecule has 0 spiro atoms. The van der Waals surface area contributed by atoms with Crippen molar-refractivity contribution in [3.63, 3.8) is 0 Å². The van der Waals surface area contributed by atoms with E-state index in [4.69, 9.17) is 0 Å². The van der Waals surface area contributed by atoms with E-state index in [1.165, 1.54) is 31.2 Å². The van der Waals surface area contributed by atoms with Crippen LogP contribution in [0.3, 0.4) is 0 Å². The first kappa shape index (κ1) is 20.2. The van der Waals surface area contributed by atoms with E-state index in [0.717, 1.165) is 0 Å². The van der Waals surface area contributed by atoms with Crippen molar-refractivity contribution in [3.8, 4) is 5.75 Å². The van der Waals surface area contributed by atoms with Gasteiger partial charge in [-0.3, -0.25) is 15.0 Å². The maximum atomic E-state index is 12.7. The number of nitrogens with one attached hydrogen (secondary N) is 2. The molecular weight excluding hydrogens is 391 g/mol. The zero-order chi connectivity index (χ0) is 21.2. The van der Waals surface area contributed by atoms with Crippen molar-refractivity contribution in [1.82, 2.24) is 15.8 Å². The standard InChI is InChI=1S/C19H16F3N3O4/c1-18(13-5-3-2-4-6-13)16(27)25(17(28)23-18)24-15(26)12-7-9-14(10-8-12)29-11-19(20,21)22/h2-10H,11H2,1H3,(H,23,28)(H,24,26). The molecular formula is C19H16F3N3O4. The Labute approximate surface area is 163 Å². The maximum Gasteiger partial charge on any atom is 0.422 e. The molecule has 2 aromatic carbocycles. The van der Waals surface area contributed by atoms with E-state index in [-0.39, 0.29) is 11.3 Å². The number of urea groups is 1. The summed E-state index contributed by atoms with van der Waals surface area (Å²) in [6.07, 6.45) is -4.48. The summed E-state index contributed by atoms with van der Waals surface area (Å²) in [4.78, 5) is 37.3. The summed E-state index contributed by atoms with van der Waals surface area (Å²) in [5.74, 6) is -1.54. The number of rotatable bonds is 5. The van der Waals surface area contributed by atoms with Gasteiger partial charge in [0.15, 0.2) is 6.61 Å². The Kier molecular flexibility index (Phi) is 5.19. The zero-order valence-electron chi connectivity index (χ0n) is 15.1. The van der Waals surface area contributed by atoms with Crippen LogP contribution in [0, 0.1) is 0 Å². The van der Waals surface area contributed by atoms with Crippen molar-refractivity contribution in [2.24, 2.45) is 0 Å². The first-order valence-corrected chi connectivity index (χ1v) is 8.43. The van der Waals surface area contributed by atoms with Crippen LogP contribution < -0.4 is 15.5 Å². The van der Waals surface area contributed by atoms with Gasteiger partial charge in [-0.1, -0.05) is 30.3 Å². The molecule has 1 fully saturated rings. The van der Waals surface area contributed by atoms with Gasteiger partial charge < -0.3 is 10.1 Å². The predicted octanol–water partition coefficient (Wildman–Crippen LogP) is 2.74. The van der Waals surface area contributed by atoms with Gasteiger partial charge >= 0.3 is 12.2 Å². The van der Waals surface area contributed by atoms with Crippen molar-refractivity contribution < 1.29 is 32.3 Å². The largest absolute Gasteiger partial charge is 0.484 e. The van der Waals surface area contributed by atoms with E-state index in [9.17, 15) is 27.6 Å². The number of nitrogens with zero attached hydrogens (tertiary/aromatic N) is 1. The molecule has 7 nitrogen and oxygen atoms in total. The Bertz CT molecular complexity index is 932. The average molecular weight is 407 g/mol. The summed E-state index contributed by atoms with van der Waals surface area (Å²) in [5.41, 5.74) is 1.43. The highest BCUT2D eigenvalue weighted by Gasteiger charge is 2.50. The molecule has 10 heteroatoms. The van der Waals surface area contributed by atoms with Gasteiger partial charge in [-0.25, -0.2) is 4.79 Å². The van der Waals surface area contributed by atoms with E-state index >= 15 is 0 Å². The summed E-state index contributed by atoms with van der Waals surface area (Å²) in [5, 5.41) is 3.11. The molecule has 29 heavy (non-hydrogen) atoms. The van der Waals surface area contributed by atoms with Crippen LogP contribution in [-0.2, 0) is 10.3 Å². The first-order valence-electron chi connectivity index (χ1n) is 8.43. The Balaban J connectivity index is 1.69. The Morgan fingerprint density at radius 3 is 2.31 bits per heavy atom. The summed E-state index contributed by atoms with van der Waals surface area (Å²) in [6, 6.07) is 12.5. The number of carbonyl (C=O) groups excluding carboxylic acids is 3. The van der Waals surface area contributed by atoms with E-state index in [1.54, 1.807) is 30.3 Å². The molecule has 3 rings (SSSR count). The third-order valence-electron chi connectivity index (χ3n) is 4.27. The fraction of sp³-hybridized carbons (Fsp3) is 0.211. The van der Waals surface area contributed by atoms with Crippen LogP contribution in [0.15, 0.2) is 54.6 Å². The molecule has 1 atom stereocenters. The van der Waals surface area contributed by atoms with Crippen LogP contribution in [0.1, 0.15) is 22.8 Å². The number of hydrogen-bond donors (Lipinski definition) is 2. The number of hydrogen-bond acceptors (Lipinski definition) is 4. The third-order valence-corrected chi connectivity index (χ3v) is 4.27.